The van der Waals surface area contributed by atoms with E-state index in [4.69, 9.17) is 4.74 Å². The third kappa shape index (κ3) is 6.85. The van der Waals surface area contributed by atoms with Gasteiger partial charge in [0.05, 0.1) is 34.8 Å². The number of carbonyl (C=O) groups excluding carboxylic acids is 3. The van der Waals surface area contributed by atoms with Crippen LogP contribution in [0.4, 0.5) is 14.5 Å². The van der Waals surface area contributed by atoms with Gasteiger partial charge in [-0.2, -0.15) is 5.10 Å². The van der Waals surface area contributed by atoms with Gasteiger partial charge in [0.25, 0.3) is 5.91 Å². The Bertz CT molecular complexity index is 1930. The molecule has 13 heteroatoms. The lowest BCUT2D eigenvalue weighted by Crippen LogP contribution is -2.53. The Balaban J connectivity index is 1.13. The van der Waals surface area contributed by atoms with Crippen LogP contribution in [0, 0.1) is 24.2 Å². The van der Waals surface area contributed by atoms with Crippen LogP contribution in [0.5, 0.6) is 0 Å². The van der Waals surface area contributed by atoms with Crippen LogP contribution >= 0.6 is 0 Å². The van der Waals surface area contributed by atoms with Gasteiger partial charge in [-0.25, -0.2) is 18.4 Å². The molecule has 0 spiro atoms. The number of para-hydroxylation sites is 1. The molecule has 1 saturated carbocycles. The van der Waals surface area contributed by atoms with Crippen LogP contribution in [0.1, 0.15) is 86.0 Å². The second kappa shape index (κ2) is 13.2. The number of nitrogens with one attached hydrogen (secondary N) is 2. The Hall–Kier alpha value is -5.07. The first kappa shape index (κ1) is 34.4. The quantitative estimate of drug-likeness (QED) is 0.220. The third-order valence-corrected chi connectivity index (χ3v) is 10.3. The number of esters is 1. The Labute approximate surface area is 295 Å². The van der Waals surface area contributed by atoms with Crippen LogP contribution < -0.4 is 10.6 Å². The van der Waals surface area contributed by atoms with Crippen LogP contribution in [-0.4, -0.2) is 60.5 Å². The maximum absolute atomic E-state index is 15.1. The largest absolute Gasteiger partial charge is 0.443 e. The van der Waals surface area contributed by atoms with Gasteiger partial charge in [0.15, 0.2) is 6.73 Å². The van der Waals surface area contributed by atoms with Crippen LogP contribution in [0.25, 0.3) is 5.69 Å². The van der Waals surface area contributed by atoms with Crippen molar-refractivity contribution < 1.29 is 27.9 Å². The number of amides is 2. The molecule has 4 heterocycles. The number of imidazole rings is 1. The van der Waals surface area contributed by atoms with Crippen molar-refractivity contribution in [2.75, 3.05) is 11.9 Å². The molecule has 4 aromatic rings. The summed E-state index contributed by atoms with van der Waals surface area (Å²) in [5.41, 5.74) is 3.06. The molecule has 1 aliphatic carbocycles. The van der Waals surface area contributed by atoms with Gasteiger partial charge in [0.1, 0.15) is 5.82 Å². The number of likely N-dealkylation sites (tertiary alicyclic amines) is 1. The first-order chi connectivity index (χ1) is 24.3. The standard InChI is InChI=1S/C38H43F2N7O4/c1-23-14-19-47(44-23)25-11-9-24(10-12-25)34(48)43-30-13-16-38(39,40)21-28(30)35(49)46-18-15-27-31(42-29-8-6-5-7-26(29)32(27)46)33-41-17-20-45(33)22-51-36(50)37(2,3)4/h5-12,14,17,19-20,27-28,30-32,42H,13,15-16,18,21-22H2,1-4H3,(H,43,48)/t27-,28+,30-,31?,32+/m1/s1. The number of halogens is 2. The molecular formula is C38H43F2N7O4. The normalized spacial score (nSPS) is 23.9. The monoisotopic (exact) mass is 699 g/mol. The highest BCUT2D eigenvalue weighted by Crippen LogP contribution is 2.52. The van der Waals surface area contributed by atoms with E-state index in [-0.39, 0.29) is 31.1 Å². The highest BCUT2D eigenvalue weighted by atomic mass is 19.3. The smallest absolute Gasteiger partial charge is 0.312 e. The van der Waals surface area contributed by atoms with Gasteiger partial charge in [-0.3, -0.25) is 19.0 Å². The molecule has 7 rings (SSSR count). The van der Waals surface area contributed by atoms with Crippen LogP contribution in [0.15, 0.2) is 73.2 Å². The molecule has 2 aromatic heterocycles. The summed E-state index contributed by atoms with van der Waals surface area (Å²) < 4.78 is 39.2. The molecule has 1 unspecified atom stereocenters. The summed E-state index contributed by atoms with van der Waals surface area (Å²) in [5, 5.41) is 10.9. The number of fused-ring (bicyclic) bond motifs is 3. The van der Waals surface area contributed by atoms with Crippen LogP contribution in [0.2, 0.25) is 0 Å². The minimum atomic E-state index is -3.03. The zero-order valence-corrected chi connectivity index (χ0v) is 29.2. The number of nitrogens with zero attached hydrogens (tertiary/aromatic N) is 5. The lowest BCUT2D eigenvalue weighted by atomic mass is 9.79. The summed E-state index contributed by atoms with van der Waals surface area (Å²) >= 11 is 0. The first-order valence-corrected chi connectivity index (χ1v) is 17.4. The van der Waals surface area contributed by atoms with Crippen molar-refractivity contribution in [1.29, 1.82) is 0 Å². The second-order valence-electron chi connectivity index (χ2n) is 14.9. The van der Waals surface area contributed by atoms with E-state index in [0.29, 0.717) is 24.4 Å². The third-order valence-electron chi connectivity index (χ3n) is 10.3. The molecule has 2 aliphatic heterocycles. The van der Waals surface area contributed by atoms with E-state index in [1.54, 1.807) is 71.6 Å². The lowest BCUT2D eigenvalue weighted by Gasteiger charge is -2.42. The van der Waals surface area contributed by atoms with Gasteiger partial charge in [0.2, 0.25) is 11.8 Å². The van der Waals surface area contributed by atoms with E-state index in [9.17, 15) is 14.4 Å². The SMILES string of the molecule is Cc1ccn(-c2ccc(C(=O)N[C@@H]3CCC(F)(F)C[C@@H]3C(=O)N3CC[C@@H]4C(c5nccn5COC(=O)C(C)(C)C)Nc5ccccc5[C@@H]43)cc2)n1. The summed E-state index contributed by atoms with van der Waals surface area (Å²) in [6, 6.07) is 14.9. The van der Waals surface area contributed by atoms with Crippen molar-refractivity contribution in [1.82, 2.24) is 29.5 Å². The minimum absolute atomic E-state index is 0.0184. The maximum atomic E-state index is 15.1. The Morgan fingerprint density at radius 3 is 2.53 bits per heavy atom. The number of anilines is 1. The summed E-state index contributed by atoms with van der Waals surface area (Å²) in [6.45, 7) is 7.60. The van der Waals surface area contributed by atoms with E-state index >= 15 is 8.78 Å². The van der Waals surface area contributed by atoms with Gasteiger partial charge in [0, 0.05) is 61.2 Å². The molecule has 2 fully saturated rings. The molecule has 2 aromatic carbocycles. The highest BCUT2D eigenvalue weighted by molar-refractivity contribution is 5.95. The van der Waals surface area contributed by atoms with E-state index < -0.39 is 54.0 Å². The van der Waals surface area contributed by atoms with Gasteiger partial charge in [-0.05, 0) is 82.5 Å². The van der Waals surface area contributed by atoms with Crippen molar-refractivity contribution in [2.45, 2.75) is 84.2 Å². The number of ether oxygens (including phenoxy) is 1. The first-order valence-electron chi connectivity index (χ1n) is 17.4. The molecule has 11 nitrogen and oxygen atoms in total. The summed E-state index contributed by atoms with van der Waals surface area (Å²) in [4.78, 5) is 46.9. The Morgan fingerprint density at radius 2 is 1.80 bits per heavy atom. The van der Waals surface area contributed by atoms with Crippen LogP contribution in [-0.2, 0) is 21.1 Å². The predicted octanol–water partition coefficient (Wildman–Crippen LogP) is 6.21. The van der Waals surface area contributed by atoms with E-state index in [1.165, 1.54) is 0 Å². The van der Waals surface area contributed by atoms with Gasteiger partial charge >= 0.3 is 5.97 Å². The van der Waals surface area contributed by atoms with Crippen molar-refractivity contribution in [3.8, 4) is 5.69 Å². The van der Waals surface area contributed by atoms with Crippen LogP contribution in [0.3, 0.4) is 0 Å². The number of rotatable bonds is 7. The molecule has 2 N–H and O–H groups in total. The minimum Gasteiger partial charge on any atom is -0.443 e. The van der Waals surface area contributed by atoms with Gasteiger partial charge < -0.3 is 20.3 Å². The zero-order valence-electron chi connectivity index (χ0n) is 29.2. The number of aryl methyl sites for hydroxylation is 1. The number of aromatic nitrogens is 4. The molecule has 5 atom stereocenters. The fourth-order valence-electron chi connectivity index (χ4n) is 7.64. The molecular weight excluding hydrogens is 656 g/mol. The number of benzene rings is 2. The molecule has 0 bridgehead atoms. The van der Waals surface area contributed by atoms with Crippen molar-refractivity contribution in [3.05, 3.63) is 95.8 Å². The Kier molecular flexibility index (Phi) is 8.92. The predicted molar refractivity (Wildman–Crippen MR) is 185 cm³/mol. The van der Waals surface area contributed by atoms with Gasteiger partial charge in [-0.1, -0.05) is 18.2 Å². The number of carbonyl (C=O) groups is 3. The van der Waals surface area contributed by atoms with Gasteiger partial charge in [-0.15, -0.1) is 0 Å². The Morgan fingerprint density at radius 1 is 1.04 bits per heavy atom. The average Bonchev–Trinajstić information content (AvgIpc) is 3.87. The van der Waals surface area contributed by atoms with Crippen molar-refractivity contribution in [2.24, 2.45) is 17.3 Å². The van der Waals surface area contributed by atoms with E-state index in [1.807, 2.05) is 43.5 Å². The summed E-state index contributed by atoms with van der Waals surface area (Å²) in [7, 11) is 0. The average molecular weight is 700 g/mol. The summed E-state index contributed by atoms with van der Waals surface area (Å²) in [6.07, 6.45) is 4.75. The fraction of sp³-hybridized carbons (Fsp3) is 0.447. The molecule has 1 saturated heterocycles. The fourth-order valence-corrected chi connectivity index (χ4v) is 7.64. The second-order valence-corrected chi connectivity index (χ2v) is 14.9. The lowest BCUT2D eigenvalue weighted by molar-refractivity contribution is -0.157. The summed E-state index contributed by atoms with van der Waals surface area (Å²) in [5.74, 6) is -4.79. The molecule has 2 amide bonds. The number of alkyl halides is 2. The molecule has 0 radical (unpaired) electrons. The molecule has 3 aliphatic rings. The molecule has 268 valence electrons. The maximum Gasteiger partial charge on any atom is 0.312 e. The topological polar surface area (TPSA) is 123 Å². The zero-order chi connectivity index (χ0) is 36.1. The van der Waals surface area contributed by atoms with E-state index in [2.05, 4.69) is 20.7 Å². The number of hydrogen-bond acceptors (Lipinski definition) is 7. The van der Waals surface area contributed by atoms with Crippen molar-refractivity contribution in [3.63, 3.8) is 0 Å². The number of hydrogen-bond donors (Lipinski definition) is 2. The van der Waals surface area contributed by atoms with Crippen molar-refractivity contribution >= 4 is 23.5 Å². The highest BCUT2D eigenvalue weighted by Gasteiger charge is 2.52. The van der Waals surface area contributed by atoms with E-state index in [0.717, 1.165) is 22.6 Å². The molecule has 51 heavy (non-hydrogen) atoms.